The number of aromatic nitrogens is 1. The van der Waals surface area contributed by atoms with Crippen LogP contribution in [0.25, 0.3) is 11.3 Å². The van der Waals surface area contributed by atoms with Crippen LogP contribution in [0, 0.1) is 5.82 Å². The molecule has 1 aromatic heterocycles. The number of pyridine rings is 1. The predicted molar refractivity (Wildman–Crippen MR) is 138 cm³/mol. The second-order valence-electron chi connectivity index (χ2n) is 9.47. The zero-order valence-corrected chi connectivity index (χ0v) is 21.5. The summed E-state index contributed by atoms with van der Waals surface area (Å²) in [5.41, 5.74) is 6.73. The van der Waals surface area contributed by atoms with Crippen LogP contribution in [0.5, 0.6) is 11.5 Å². The summed E-state index contributed by atoms with van der Waals surface area (Å²) in [5.74, 6) is 0.344. The first-order chi connectivity index (χ1) is 17.6. The van der Waals surface area contributed by atoms with E-state index < -0.39 is 17.5 Å². The van der Waals surface area contributed by atoms with E-state index >= 15 is 0 Å². The van der Waals surface area contributed by atoms with Crippen LogP contribution >= 0.6 is 11.6 Å². The molecule has 1 aliphatic rings. The Bertz CT molecular complexity index is 1300. The highest BCUT2D eigenvalue weighted by molar-refractivity contribution is 6.31. The quantitative estimate of drug-likeness (QED) is 0.301. The van der Waals surface area contributed by atoms with E-state index in [1.54, 1.807) is 37.3 Å². The number of nitrogens with zero attached hydrogens (tertiary/aromatic N) is 1. The highest BCUT2D eigenvalue weighted by Crippen LogP contribution is 2.35. The van der Waals surface area contributed by atoms with Gasteiger partial charge >= 0.3 is 0 Å². The number of carbonyl (C=O) groups is 1. The molecule has 4 rings (SSSR count). The number of carbonyl (C=O) groups excluding carboxylic acids is 1. The second kappa shape index (κ2) is 11.1. The number of ketones is 1. The van der Waals surface area contributed by atoms with Gasteiger partial charge < -0.3 is 25.4 Å². The number of rotatable bonds is 11. The summed E-state index contributed by atoms with van der Waals surface area (Å²) in [5, 5.41) is 20.9. The Morgan fingerprint density at radius 1 is 1.22 bits per heavy atom. The highest BCUT2D eigenvalue weighted by atomic mass is 35.5. The van der Waals surface area contributed by atoms with Gasteiger partial charge in [0.15, 0.2) is 17.3 Å². The van der Waals surface area contributed by atoms with Gasteiger partial charge in [-0.25, -0.2) is 9.37 Å². The van der Waals surface area contributed by atoms with Gasteiger partial charge in [0.1, 0.15) is 11.4 Å². The number of halogens is 2. The van der Waals surface area contributed by atoms with Crippen molar-refractivity contribution in [3.63, 3.8) is 0 Å². The van der Waals surface area contributed by atoms with Crippen LogP contribution in [-0.4, -0.2) is 40.8 Å². The van der Waals surface area contributed by atoms with Gasteiger partial charge in [-0.15, -0.1) is 0 Å². The van der Waals surface area contributed by atoms with E-state index in [1.165, 1.54) is 25.3 Å². The van der Waals surface area contributed by atoms with E-state index in [1.807, 2.05) is 0 Å². The van der Waals surface area contributed by atoms with Crippen molar-refractivity contribution in [1.29, 1.82) is 0 Å². The van der Waals surface area contributed by atoms with Crippen LogP contribution in [0.1, 0.15) is 60.3 Å². The minimum atomic E-state index is -1.50. The summed E-state index contributed by atoms with van der Waals surface area (Å²) < 4.78 is 24.9. The lowest BCUT2D eigenvalue weighted by Gasteiger charge is -2.25. The van der Waals surface area contributed by atoms with Crippen molar-refractivity contribution < 1.29 is 28.9 Å². The van der Waals surface area contributed by atoms with Crippen molar-refractivity contribution in [3.05, 3.63) is 76.2 Å². The van der Waals surface area contributed by atoms with E-state index in [9.17, 15) is 19.4 Å². The Labute approximate surface area is 220 Å². The number of methoxy groups -OCH3 is 1. The molecule has 7 nitrogen and oxygen atoms in total. The summed E-state index contributed by atoms with van der Waals surface area (Å²) in [6.07, 6.45) is 2.32. The first kappa shape index (κ1) is 27.0. The molecule has 3 aromatic rings. The molecule has 1 saturated carbocycles. The number of aliphatic hydroxyl groups is 2. The second-order valence-corrected chi connectivity index (χ2v) is 9.88. The monoisotopic (exact) mass is 528 g/mol. The topological polar surface area (TPSA) is 115 Å². The molecule has 0 aliphatic heterocycles. The SMILES string of the molecule is COc1cc(C(=O)CCC(C)(O)c2cc(C(N)CO)cc(-c3ccc(F)c(Cl)c3)n2)ccc1OC1CC1. The van der Waals surface area contributed by atoms with Gasteiger partial charge in [0.25, 0.3) is 0 Å². The number of benzene rings is 2. The summed E-state index contributed by atoms with van der Waals surface area (Å²) in [7, 11) is 1.52. The molecule has 37 heavy (non-hydrogen) atoms. The molecule has 4 N–H and O–H groups in total. The smallest absolute Gasteiger partial charge is 0.163 e. The maximum absolute atomic E-state index is 13.7. The summed E-state index contributed by atoms with van der Waals surface area (Å²) in [6, 6.07) is 11.8. The largest absolute Gasteiger partial charge is 0.493 e. The molecule has 2 atom stereocenters. The molecule has 1 heterocycles. The third-order valence-electron chi connectivity index (χ3n) is 6.38. The van der Waals surface area contributed by atoms with Crippen LogP contribution in [0.15, 0.2) is 48.5 Å². The molecule has 0 saturated heterocycles. The van der Waals surface area contributed by atoms with Gasteiger partial charge in [0.2, 0.25) is 0 Å². The van der Waals surface area contributed by atoms with Crippen molar-refractivity contribution in [2.75, 3.05) is 13.7 Å². The average Bonchev–Trinajstić information content (AvgIpc) is 3.72. The Morgan fingerprint density at radius 3 is 2.62 bits per heavy atom. The Balaban J connectivity index is 1.56. The summed E-state index contributed by atoms with van der Waals surface area (Å²) in [4.78, 5) is 17.6. The van der Waals surface area contributed by atoms with Gasteiger partial charge in [0.05, 0.1) is 42.3 Å². The summed E-state index contributed by atoms with van der Waals surface area (Å²) in [6.45, 7) is 1.24. The lowest BCUT2D eigenvalue weighted by atomic mass is 9.90. The standard InChI is InChI=1S/C28H30ClFN2O5/c1-28(35,10-9-24(34)17-4-8-25(26(13-17)36-2)37-19-5-6-19)27-14-18(22(31)15-33)12-23(32-27)16-3-7-21(30)20(29)11-16/h3-4,7-8,11-14,19,22,33,35H,5-6,9-10,15,31H2,1-2H3. The van der Waals surface area contributed by atoms with E-state index in [0.717, 1.165) is 12.8 Å². The Hall–Kier alpha value is -3.04. The molecular formula is C28H30ClFN2O5. The minimum absolute atomic E-state index is 0.0364. The van der Waals surface area contributed by atoms with E-state index in [4.69, 9.17) is 26.8 Å². The van der Waals surface area contributed by atoms with Crippen LogP contribution < -0.4 is 15.2 Å². The van der Waals surface area contributed by atoms with Crippen LogP contribution in [0.2, 0.25) is 5.02 Å². The number of hydrogen-bond donors (Lipinski definition) is 3. The molecule has 1 fully saturated rings. The number of Topliss-reactive ketones (excluding diaryl/α,β-unsaturated/α-hetero) is 1. The van der Waals surface area contributed by atoms with E-state index in [2.05, 4.69) is 4.98 Å². The highest BCUT2D eigenvalue weighted by Gasteiger charge is 2.29. The first-order valence-corrected chi connectivity index (χ1v) is 12.4. The molecule has 0 spiro atoms. The maximum atomic E-state index is 13.7. The first-order valence-electron chi connectivity index (χ1n) is 12.1. The lowest BCUT2D eigenvalue weighted by molar-refractivity contribution is 0.0396. The zero-order valence-electron chi connectivity index (χ0n) is 20.7. The lowest BCUT2D eigenvalue weighted by Crippen LogP contribution is -2.25. The van der Waals surface area contributed by atoms with Crippen molar-refractivity contribution in [3.8, 4) is 22.8 Å². The van der Waals surface area contributed by atoms with Crippen molar-refractivity contribution in [1.82, 2.24) is 4.98 Å². The van der Waals surface area contributed by atoms with Crippen LogP contribution in [-0.2, 0) is 5.60 Å². The molecule has 9 heteroatoms. The van der Waals surface area contributed by atoms with E-state index in [-0.39, 0.29) is 42.1 Å². The van der Waals surface area contributed by atoms with Gasteiger partial charge in [-0.3, -0.25) is 4.79 Å². The third-order valence-corrected chi connectivity index (χ3v) is 6.67. The molecule has 2 aromatic carbocycles. The van der Waals surface area contributed by atoms with Crippen LogP contribution in [0.3, 0.4) is 0 Å². The molecule has 0 bridgehead atoms. The fourth-order valence-corrected chi connectivity index (χ4v) is 4.06. The molecule has 196 valence electrons. The van der Waals surface area contributed by atoms with Gasteiger partial charge in [-0.1, -0.05) is 11.6 Å². The Kier molecular flexibility index (Phi) is 8.14. The molecule has 0 amide bonds. The van der Waals surface area contributed by atoms with Gasteiger partial charge in [-0.05, 0) is 80.3 Å². The normalized spacial score (nSPS) is 15.6. The molecule has 1 aliphatic carbocycles. The summed E-state index contributed by atoms with van der Waals surface area (Å²) >= 11 is 5.95. The average molecular weight is 529 g/mol. The van der Waals surface area contributed by atoms with E-state index in [0.29, 0.717) is 33.9 Å². The van der Waals surface area contributed by atoms with Crippen molar-refractivity contribution in [2.45, 2.75) is 50.4 Å². The maximum Gasteiger partial charge on any atom is 0.163 e. The third kappa shape index (κ3) is 6.45. The Morgan fingerprint density at radius 2 is 1.97 bits per heavy atom. The van der Waals surface area contributed by atoms with Crippen LogP contribution in [0.4, 0.5) is 4.39 Å². The van der Waals surface area contributed by atoms with Gasteiger partial charge in [0, 0.05) is 17.5 Å². The minimum Gasteiger partial charge on any atom is -0.493 e. The zero-order chi connectivity index (χ0) is 26.7. The number of aliphatic hydroxyl groups excluding tert-OH is 1. The number of ether oxygens (including phenoxy) is 2. The van der Waals surface area contributed by atoms with Crippen molar-refractivity contribution >= 4 is 17.4 Å². The number of nitrogens with two attached hydrogens (primary N) is 1. The fourth-order valence-electron chi connectivity index (χ4n) is 3.88. The van der Waals surface area contributed by atoms with Gasteiger partial charge in [-0.2, -0.15) is 0 Å². The molecule has 2 unspecified atom stereocenters. The number of hydrogen-bond acceptors (Lipinski definition) is 7. The predicted octanol–water partition coefficient (Wildman–Crippen LogP) is 4.95. The van der Waals surface area contributed by atoms with Crippen molar-refractivity contribution in [2.24, 2.45) is 5.73 Å². The fraction of sp³-hybridized carbons (Fsp3) is 0.357. The molecule has 0 radical (unpaired) electrons. The molecular weight excluding hydrogens is 499 g/mol.